The third-order valence-electron chi connectivity index (χ3n) is 5.11. The van der Waals surface area contributed by atoms with E-state index >= 15 is 0 Å². The average Bonchev–Trinajstić information content (AvgIpc) is 3.18. The van der Waals surface area contributed by atoms with Gasteiger partial charge >= 0.3 is 0 Å². The molecule has 0 bridgehead atoms. The Morgan fingerprint density at radius 3 is 2.45 bits per heavy atom. The minimum atomic E-state index is -0.201. The Labute approximate surface area is 179 Å². The van der Waals surface area contributed by atoms with Gasteiger partial charge in [0.05, 0.1) is 11.9 Å². The topological polar surface area (TPSA) is 85.0 Å². The number of nitrogens with zero attached hydrogens (tertiary/aromatic N) is 5. The fourth-order valence-corrected chi connectivity index (χ4v) is 3.41. The number of rotatable bonds is 6. The Morgan fingerprint density at radius 2 is 1.77 bits per heavy atom. The highest BCUT2D eigenvalue weighted by atomic mass is 16.2. The Hall–Kier alpha value is -3.94. The van der Waals surface area contributed by atoms with Crippen LogP contribution in [0.2, 0.25) is 0 Å². The van der Waals surface area contributed by atoms with Gasteiger partial charge in [-0.05, 0) is 43.3 Å². The van der Waals surface area contributed by atoms with E-state index in [0.29, 0.717) is 16.9 Å². The van der Waals surface area contributed by atoms with Crippen LogP contribution in [-0.4, -0.2) is 39.3 Å². The molecule has 4 aromatic rings. The number of aryl methyl sites for hydroxylation is 1. The van der Waals surface area contributed by atoms with Gasteiger partial charge in [0.2, 0.25) is 5.91 Å². The quantitative estimate of drug-likeness (QED) is 0.522. The molecule has 1 N–H and O–H groups in total. The van der Waals surface area contributed by atoms with Gasteiger partial charge in [-0.1, -0.05) is 18.2 Å². The molecule has 0 fully saturated rings. The van der Waals surface area contributed by atoms with Crippen LogP contribution in [0.3, 0.4) is 0 Å². The molecule has 2 heterocycles. The van der Waals surface area contributed by atoms with Crippen LogP contribution in [0.4, 0.5) is 11.4 Å². The number of fused-ring (bicyclic) bond motifs is 1. The van der Waals surface area contributed by atoms with Gasteiger partial charge in [0.1, 0.15) is 11.2 Å². The van der Waals surface area contributed by atoms with E-state index in [-0.39, 0.29) is 24.4 Å². The number of hydrogen-bond acceptors (Lipinski definition) is 5. The zero-order chi connectivity index (χ0) is 22.0. The van der Waals surface area contributed by atoms with E-state index < -0.39 is 0 Å². The molecule has 2 aromatic heterocycles. The Kier molecular flexibility index (Phi) is 5.53. The molecule has 1 amide bonds. The van der Waals surface area contributed by atoms with E-state index in [0.717, 1.165) is 17.1 Å². The number of para-hydroxylation sites is 1. The first-order chi connectivity index (χ1) is 14.9. The monoisotopic (exact) mass is 416 g/mol. The Balaban J connectivity index is 1.51. The lowest BCUT2D eigenvalue weighted by molar-refractivity contribution is -0.116. The molecule has 158 valence electrons. The molecular weight excluding hydrogens is 392 g/mol. The predicted octanol–water partition coefficient (Wildman–Crippen LogP) is 2.99. The molecule has 0 radical (unpaired) electrons. The van der Waals surface area contributed by atoms with Crippen molar-refractivity contribution >= 4 is 28.3 Å². The smallest absolute Gasteiger partial charge is 0.264 e. The van der Waals surface area contributed by atoms with Gasteiger partial charge < -0.3 is 10.2 Å². The number of carbonyl (C=O) groups excluding carboxylic acids is 1. The molecule has 0 aliphatic heterocycles. The van der Waals surface area contributed by atoms with Crippen LogP contribution < -0.4 is 15.8 Å². The number of aromatic nitrogens is 4. The van der Waals surface area contributed by atoms with Crippen molar-refractivity contribution in [2.45, 2.75) is 19.9 Å². The van der Waals surface area contributed by atoms with Gasteiger partial charge in [-0.15, -0.1) is 0 Å². The maximum Gasteiger partial charge on any atom is 0.264 e. The van der Waals surface area contributed by atoms with Crippen molar-refractivity contribution < 1.29 is 4.79 Å². The zero-order valence-corrected chi connectivity index (χ0v) is 17.7. The highest BCUT2D eigenvalue weighted by Gasteiger charge is 2.15. The fourth-order valence-electron chi connectivity index (χ4n) is 3.41. The van der Waals surface area contributed by atoms with Gasteiger partial charge in [-0.2, -0.15) is 5.10 Å². The van der Waals surface area contributed by atoms with E-state index in [1.165, 1.54) is 10.8 Å². The first kappa shape index (κ1) is 20.3. The minimum Gasteiger partial charge on any atom is -0.378 e. The SMILES string of the molecule is Cc1nc2c(cnn2-c2ccccc2)c(=O)n1CCC(=O)Nc1ccc(N(C)C)cc1. The van der Waals surface area contributed by atoms with Gasteiger partial charge in [0.15, 0.2) is 5.65 Å². The molecule has 0 saturated heterocycles. The van der Waals surface area contributed by atoms with Crippen LogP contribution in [0.15, 0.2) is 65.6 Å². The number of amides is 1. The normalized spacial score (nSPS) is 10.9. The first-order valence-electron chi connectivity index (χ1n) is 10.0. The molecule has 4 rings (SSSR count). The van der Waals surface area contributed by atoms with Crippen molar-refractivity contribution in [2.24, 2.45) is 0 Å². The summed E-state index contributed by atoms with van der Waals surface area (Å²) >= 11 is 0. The van der Waals surface area contributed by atoms with Crippen molar-refractivity contribution in [1.82, 2.24) is 19.3 Å². The van der Waals surface area contributed by atoms with E-state index in [1.807, 2.05) is 73.6 Å². The van der Waals surface area contributed by atoms with E-state index in [2.05, 4.69) is 15.4 Å². The number of hydrogen-bond donors (Lipinski definition) is 1. The third-order valence-corrected chi connectivity index (χ3v) is 5.11. The molecule has 0 saturated carbocycles. The molecule has 31 heavy (non-hydrogen) atoms. The van der Waals surface area contributed by atoms with Crippen LogP contribution in [0.25, 0.3) is 16.7 Å². The molecule has 0 unspecified atom stereocenters. The largest absolute Gasteiger partial charge is 0.378 e. The second-order valence-corrected chi connectivity index (χ2v) is 7.48. The van der Waals surface area contributed by atoms with Crippen LogP contribution in [0, 0.1) is 6.92 Å². The van der Waals surface area contributed by atoms with Gasteiger partial charge in [0.25, 0.3) is 5.56 Å². The lowest BCUT2D eigenvalue weighted by atomic mass is 10.2. The van der Waals surface area contributed by atoms with Crippen LogP contribution >= 0.6 is 0 Å². The van der Waals surface area contributed by atoms with Crippen molar-refractivity contribution in [1.29, 1.82) is 0 Å². The summed E-state index contributed by atoms with van der Waals surface area (Å²) in [4.78, 5) is 32.0. The second-order valence-electron chi connectivity index (χ2n) is 7.48. The number of carbonyl (C=O) groups is 1. The van der Waals surface area contributed by atoms with E-state index in [1.54, 1.807) is 11.6 Å². The lowest BCUT2D eigenvalue weighted by Gasteiger charge is -2.13. The molecular formula is C23H24N6O2. The molecule has 8 nitrogen and oxygen atoms in total. The molecule has 2 aromatic carbocycles. The average molecular weight is 416 g/mol. The zero-order valence-electron chi connectivity index (χ0n) is 17.7. The molecule has 0 atom stereocenters. The van der Waals surface area contributed by atoms with Crippen molar-refractivity contribution in [2.75, 3.05) is 24.3 Å². The summed E-state index contributed by atoms with van der Waals surface area (Å²) in [5.74, 6) is 0.377. The van der Waals surface area contributed by atoms with Gasteiger partial charge in [-0.3, -0.25) is 14.2 Å². The van der Waals surface area contributed by atoms with E-state index in [4.69, 9.17) is 0 Å². The van der Waals surface area contributed by atoms with Gasteiger partial charge in [-0.25, -0.2) is 9.67 Å². The molecule has 0 aliphatic rings. The molecule has 0 aliphatic carbocycles. The van der Waals surface area contributed by atoms with Crippen LogP contribution in [0.5, 0.6) is 0 Å². The maximum absolute atomic E-state index is 13.0. The lowest BCUT2D eigenvalue weighted by Crippen LogP contribution is -2.26. The summed E-state index contributed by atoms with van der Waals surface area (Å²) in [5.41, 5.74) is 2.91. The molecule has 0 spiro atoms. The maximum atomic E-state index is 13.0. The summed E-state index contributed by atoms with van der Waals surface area (Å²) in [6.45, 7) is 2.01. The van der Waals surface area contributed by atoms with Crippen LogP contribution in [-0.2, 0) is 11.3 Å². The summed E-state index contributed by atoms with van der Waals surface area (Å²) in [5, 5.41) is 7.63. The summed E-state index contributed by atoms with van der Waals surface area (Å²) in [6, 6.07) is 17.1. The minimum absolute atomic E-state index is 0.163. The summed E-state index contributed by atoms with van der Waals surface area (Å²) in [7, 11) is 3.92. The first-order valence-corrected chi connectivity index (χ1v) is 10.0. The summed E-state index contributed by atoms with van der Waals surface area (Å²) in [6.07, 6.45) is 1.69. The van der Waals surface area contributed by atoms with Crippen molar-refractivity contribution in [3.8, 4) is 5.69 Å². The predicted molar refractivity (Wildman–Crippen MR) is 122 cm³/mol. The second kappa shape index (κ2) is 8.43. The fraction of sp³-hybridized carbons (Fsp3) is 0.217. The Morgan fingerprint density at radius 1 is 1.06 bits per heavy atom. The molecule has 8 heteroatoms. The van der Waals surface area contributed by atoms with Crippen molar-refractivity contribution in [3.05, 3.63) is 77.0 Å². The number of nitrogens with one attached hydrogen (secondary N) is 1. The standard InChI is InChI=1S/C23H24N6O2/c1-16-25-22-20(15-24-29(22)19-7-5-4-6-8-19)23(31)28(16)14-13-21(30)26-17-9-11-18(12-10-17)27(2)3/h4-12,15H,13-14H2,1-3H3,(H,26,30). The summed E-state index contributed by atoms with van der Waals surface area (Å²) < 4.78 is 3.17. The van der Waals surface area contributed by atoms with Crippen molar-refractivity contribution in [3.63, 3.8) is 0 Å². The highest BCUT2D eigenvalue weighted by molar-refractivity contribution is 5.90. The highest BCUT2D eigenvalue weighted by Crippen LogP contribution is 2.16. The number of benzene rings is 2. The number of anilines is 2. The van der Waals surface area contributed by atoms with Gasteiger partial charge in [0, 0.05) is 38.4 Å². The van der Waals surface area contributed by atoms with Crippen LogP contribution in [0.1, 0.15) is 12.2 Å². The Bertz CT molecular complexity index is 1270. The van der Waals surface area contributed by atoms with E-state index in [9.17, 15) is 9.59 Å². The third kappa shape index (κ3) is 4.18.